The number of hydrogen-bond acceptors (Lipinski definition) is 4. The molecule has 0 radical (unpaired) electrons. The molecule has 0 unspecified atom stereocenters. The number of guanidine groups is 1. The SMILES string of the molecule is O=C1NC(=NC2CCS(=O)CC2)NC1=O. The molecule has 2 aliphatic heterocycles. The van der Waals surface area contributed by atoms with Gasteiger partial charge in [-0.05, 0) is 12.8 Å². The molecule has 0 aromatic heterocycles. The van der Waals surface area contributed by atoms with E-state index in [4.69, 9.17) is 0 Å². The summed E-state index contributed by atoms with van der Waals surface area (Å²) in [5.74, 6) is 0.163. The van der Waals surface area contributed by atoms with Gasteiger partial charge < -0.3 is 0 Å². The molecule has 82 valence electrons. The zero-order valence-electron chi connectivity index (χ0n) is 7.99. The van der Waals surface area contributed by atoms with E-state index in [0.29, 0.717) is 11.5 Å². The average molecular weight is 229 g/mol. The molecule has 2 heterocycles. The van der Waals surface area contributed by atoms with Crippen molar-refractivity contribution in [3.05, 3.63) is 0 Å². The summed E-state index contributed by atoms with van der Waals surface area (Å²) in [5.41, 5.74) is 0. The van der Waals surface area contributed by atoms with Crippen LogP contribution in [-0.2, 0) is 20.4 Å². The number of aliphatic imine (C=N–C) groups is 1. The van der Waals surface area contributed by atoms with E-state index >= 15 is 0 Å². The molecule has 15 heavy (non-hydrogen) atoms. The van der Waals surface area contributed by atoms with Gasteiger partial charge in [-0.15, -0.1) is 0 Å². The molecule has 0 spiro atoms. The average Bonchev–Trinajstić information content (AvgIpc) is 2.50. The second kappa shape index (κ2) is 4.09. The number of amides is 2. The van der Waals surface area contributed by atoms with Gasteiger partial charge in [-0.2, -0.15) is 0 Å². The minimum Gasteiger partial charge on any atom is -0.288 e. The van der Waals surface area contributed by atoms with Crippen molar-refractivity contribution in [2.45, 2.75) is 18.9 Å². The van der Waals surface area contributed by atoms with Gasteiger partial charge in [0.05, 0.1) is 6.04 Å². The first-order valence-corrected chi connectivity index (χ1v) is 6.19. The maximum Gasteiger partial charge on any atom is 0.316 e. The molecular formula is C8H11N3O3S. The molecule has 7 heteroatoms. The predicted molar refractivity (Wildman–Crippen MR) is 54.6 cm³/mol. The van der Waals surface area contributed by atoms with Gasteiger partial charge in [-0.25, -0.2) is 4.99 Å². The number of nitrogens with zero attached hydrogens (tertiary/aromatic N) is 1. The van der Waals surface area contributed by atoms with Crippen LogP contribution in [0.1, 0.15) is 12.8 Å². The van der Waals surface area contributed by atoms with Crippen molar-refractivity contribution < 1.29 is 13.8 Å². The normalized spacial score (nSPS) is 31.1. The number of carbonyl (C=O) groups excluding carboxylic acids is 2. The van der Waals surface area contributed by atoms with Crippen LogP contribution in [0.4, 0.5) is 0 Å². The van der Waals surface area contributed by atoms with Crippen LogP contribution in [0.5, 0.6) is 0 Å². The highest BCUT2D eigenvalue weighted by Gasteiger charge is 2.26. The smallest absolute Gasteiger partial charge is 0.288 e. The summed E-state index contributed by atoms with van der Waals surface area (Å²) in [6.07, 6.45) is 1.48. The van der Waals surface area contributed by atoms with Crippen molar-refractivity contribution >= 4 is 28.6 Å². The lowest BCUT2D eigenvalue weighted by Gasteiger charge is -2.17. The van der Waals surface area contributed by atoms with Crippen molar-refractivity contribution in [3.63, 3.8) is 0 Å². The zero-order chi connectivity index (χ0) is 10.8. The number of carbonyl (C=O) groups is 2. The first-order chi connectivity index (χ1) is 7.15. The third-order valence-electron chi connectivity index (χ3n) is 2.34. The minimum atomic E-state index is -0.722. The van der Waals surface area contributed by atoms with Crippen molar-refractivity contribution in [1.29, 1.82) is 0 Å². The molecule has 2 fully saturated rings. The summed E-state index contributed by atoms with van der Waals surface area (Å²) >= 11 is 0. The van der Waals surface area contributed by atoms with Gasteiger partial charge in [0.25, 0.3) is 0 Å². The Kier molecular flexibility index (Phi) is 2.81. The van der Waals surface area contributed by atoms with Crippen molar-refractivity contribution in [2.24, 2.45) is 4.99 Å². The molecule has 2 rings (SSSR count). The van der Waals surface area contributed by atoms with Crippen LogP contribution >= 0.6 is 0 Å². The monoisotopic (exact) mass is 229 g/mol. The van der Waals surface area contributed by atoms with E-state index in [1.54, 1.807) is 0 Å². The van der Waals surface area contributed by atoms with Crippen LogP contribution in [0.25, 0.3) is 0 Å². The maximum atomic E-state index is 11.1. The van der Waals surface area contributed by atoms with Gasteiger partial charge in [0, 0.05) is 22.3 Å². The molecule has 0 bridgehead atoms. The lowest BCUT2D eigenvalue weighted by molar-refractivity contribution is -0.135. The molecule has 0 saturated carbocycles. The Morgan fingerprint density at radius 3 is 2.20 bits per heavy atom. The van der Waals surface area contributed by atoms with Gasteiger partial charge in [-0.1, -0.05) is 0 Å². The Morgan fingerprint density at radius 1 is 1.13 bits per heavy atom. The highest BCUT2D eigenvalue weighted by Crippen LogP contribution is 2.12. The van der Waals surface area contributed by atoms with E-state index < -0.39 is 22.6 Å². The van der Waals surface area contributed by atoms with Crippen LogP contribution in [0.3, 0.4) is 0 Å². The molecule has 0 aromatic rings. The largest absolute Gasteiger partial charge is 0.316 e. The third kappa shape index (κ3) is 2.41. The fraction of sp³-hybridized carbons (Fsp3) is 0.625. The van der Waals surface area contributed by atoms with Crippen molar-refractivity contribution in [2.75, 3.05) is 11.5 Å². The molecule has 2 aliphatic rings. The summed E-state index contributed by atoms with van der Waals surface area (Å²) in [4.78, 5) is 25.8. The fourth-order valence-corrected chi connectivity index (χ4v) is 2.79. The molecule has 2 saturated heterocycles. The topological polar surface area (TPSA) is 87.6 Å². The maximum absolute atomic E-state index is 11.1. The Balaban J connectivity index is 1.96. The Hall–Kier alpha value is -1.24. The van der Waals surface area contributed by atoms with Crippen LogP contribution in [-0.4, -0.2) is 39.5 Å². The van der Waals surface area contributed by atoms with Crippen LogP contribution in [0.15, 0.2) is 4.99 Å². The van der Waals surface area contributed by atoms with Crippen LogP contribution < -0.4 is 10.6 Å². The van der Waals surface area contributed by atoms with E-state index in [0.717, 1.165) is 12.8 Å². The summed E-state index contributed by atoms with van der Waals surface area (Å²) in [6.45, 7) is 0. The summed E-state index contributed by atoms with van der Waals surface area (Å²) in [6, 6.07) is 0.0522. The molecule has 0 atom stereocenters. The van der Waals surface area contributed by atoms with E-state index in [1.165, 1.54) is 0 Å². The zero-order valence-corrected chi connectivity index (χ0v) is 8.80. The van der Waals surface area contributed by atoms with Crippen molar-refractivity contribution in [3.8, 4) is 0 Å². The van der Waals surface area contributed by atoms with E-state index in [9.17, 15) is 13.8 Å². The lowest BCUT2D eigenvalue weighted by Crippen LogP contribution is -2.30. The van der Waals surface area contributed by atoms with Crippen LogP contribution in [0.2, 0.25) is 0 Å². The summed E-state index contributed by atoms with van der Waals surface area (Å²) in [7, 11) is -0.722. The molecule has 0 aliphatic carbocycles. The second-order valence-corrected chi connectivity index (χ2v) is 5.16. The molecule has 2 amide bonds. The molecule has 6 nitrogen and oxygen atoms in total. The molecular weight excluding hydrogens is 218 g/mol. The Bertz CT molecular complexity index is 338. The van der Waals surface area contributed by atoms with Gasteiger partial charge in [0.15, 0.2) is 0 Å². The standard InChI is InChI=1S/C8H11N3O3S/c12-6-7(13)11-8(10-6)9-5-1-3-15(14)4-2-5/h5H,1-4H2,(H2,9,10,11,12,13). The predicted octanol–water partition coefficient (Wildman–Crippen LogP) is -1.50. The molecule has 2 N–H and O–H groups in total. The molecule has 0 aromatic carbocycles. The Morgan fingerprint density at radius 2 is 1.67 bits per heavy atom. The minimum absolute atomic E-state index is 0.0522. The van der Waals surface area contributed by atoms with Gasteiger partial charge >= 0.3 is 11.8 Å². The fourth-order valence-electron chi connectivity index (χ4n) is 1.52. The first-order valence-electron chi connectivity index (χ1n) is 4.70. The van der Waals surface area contributed by atoms with Crippen molar-refractivity contribution in [1.82, 2.24) is 10.6 Å². The van der Waals surface area contributed by atoms with Gasteiger partial charge in [-0.3, -0.25) is 24.4 Å². The highest BCUT2D eigenvalue weighted by atomic mass is 32.2. The van der Waals surface area contributed by atoms with E-state index in [1.807, 2.05) is 0 Å². The number of rotatable bonds is 1. The number of hydrogen-bond donors (Lipinski definition) is 2. The van der Waals surface area contributed by atoms with Crippen LogP contribution in [0, 0.1) is 0 Å². The second-order valence-electron chi connectivity index (χ2n) is 3.47. The van der Waals surface area contributed by atoms with Gasteiger partial charge in [0.2, 0.25) is 5.96 Å². The van der Waals surface area contributed by atoms with Gasteiger partial charge in [0.1, 0.15) is 0 Å². The van der Waals surface area contributed by atoms with E-state index in [-0.39, 0.29) is 12.0 Å². The Labute approximate surface area is 89.0 Å². The lowest BCUT2D eigenvalue weighted by atomic mass is 10.2. The third-order valence-corrected chi connectivity index (χ3v) is 3.72. The quantitative estimate of drug-likeness (QED) is 0.536. The summed E-state index contributed by atoms with van der Waals surface area (Å²) in [5, 5.41) is 4.67. The van der Waals surface area contributed by atoms with E-state index in [2.05, 4.69) is 15.6 Å². The highest BCUT2D eigenvalue weighted by molar-refractivity contribution is 7.85. The number of nitrogens with one attached hydrogen (secondary N) is 2. The summed E-state index contributed by atoms with van der Waals surface area (Å²) < 4.78 is 11.1. The first kappa shape index (κ1) is 10.3.